The molecule has 0 aromatic carbocycles. The van der Waals surface area contributed by atoms with Gasteiger partial charge in [0.15, 0.2) is 16.9 Å². The number of ether oxygens (including phenoxy) is 1. The highest BCUT2D eigenvalue weighted by molar-refractivity contribution is 7.99. The molecule has 0 radical (unpaired) electrons. The highest BCUT2D eigenvalue weighted by atomic mass is 35.5. The zero-order valence-corrected chi connectivity index (χ0v) is 11.2. The zero-order valence-electron chi connectivity index (χ0n) is 9.60. The molecule has 0 unspecified atom stereocenters. The van der Waals surface area contributed by atoms with Crippen LogP contribution < -0.4 is 4.74 Å². The first kappa shape index (κ1) is 14.4. The molecule has 0 amide bonds. The maximum absolute atomic E-state index is 9.81. The Morgan fingerprint density at radius 1 is 1.42 bits per heavy atom. The number of aromatic nitrogens is 1. The molecule has 19 heavy (non-hydrogen) atoms. The summed E-state index contributed by atoms with van der Waals surface area (Å²) in [5.41, 5.74) is -0.761. The minimum absolute atomic E-state index is 0.0396. The van der Waals surface area contributed by atoms with E-state index in [1.54, 1.807) is 0 Å². The first-order valence-corrected chi connectivity index (χ1v) is 6.83. The van der Waals surface area contributed by atoms with Crippen LogP contribution >= 0.6 is 23.4 Å². The Kier molecular flexibility index (Phi) is 4.50. The van der Waals surface area contributed by atoms with Crippen molar-refractivity contribution in [3.63, 3.8) is 0 Å². The van der Waals surface area contributed by atoms with Gasteiger partial charge >= 0.3 is 0 Å². The number of hydrogen-bond acceptors (Lipinski definition) is 7. The predicted octanol–water partition coefficient (Wildman–Crippen LogP) is 0.141. The van der Waals surface area contributed by atoms with Gasteiger partial charge in [-0.2, -0.15) is 5.26 Å². The second kappa shape index (κ2) is 5.94. The fraction of sp³-hybridized carbons (Fsp3) is 0.455. The van der Waals surface area contributed by atoms with E-state index in [4.69, 9.17) is 21.6 Å². The van der Waals surface area contributed by atoms with E-state index >= 15 is 0 Å². The van der Waals surface area contributed by atoms with Gasteiger partial charge < -0.3 is 20.1 Å². The van der Waals surface area contributed by atoms with Gasteiger partial charge in [-0.25, -0.2) is 4.98 Å². The minimum atomic E-state index is -1.29. The lowest BCUT2D eigenvalue weighted by Crippen LogP contribution is -2.50. The Balaban J connectivity index is 2.17. The first-order valence-electron chi connectivity index (χ1n) is 5.41. The van der Waals surface area contributed by atoms with Crippen LogP contribution in [0.4, 0.5) is 0 Å². The molecular weight excluding hydrogens is 292 g/mol. The Labute approximate surface area is 118 Å². The largest absolute Gasteiger partial charge is 0.474 e. The number of pyridine rings is 1. The van der Waals surface area contributed by atoms with E-state index in [0.29, 0.717) is 5.02 Å². The number of rotatable bonds is 2. The first-order chi connectivity index (χ1) is 9.02. The van der Waals surface area contributed by atoms with Gasteiger partial charge in [-0.15, -0.1) is 11.8 Å². The van der Waals surface area contributed by atoms with E-state index in [9.17, 15) is 15.3 Å². The summed E-state index contributed by atoms with van der Waals surface area (Å²) in [7, 11) is 0. The predicted molar refractivity (Wildman–Crippen MR) is 68.9 cm³/mol. The van der Waals surface area contributed by atoms with Crippen LogP contribution in [0.3, 0.4) is 0 Å². The van der Waals surface area contributed by atoms with E-state index in [2.05, 4.69) is 4.98 Å². The summed E-state index contributed by atoms with van der Waals surface area (Å²) in [5.74, 6) is 0.355. The summed E-state index contributed by atoms with van der Waals surface area (Å²) in [6.07, 6.45) is -2.24. The topological polar surface area (TPSA) is 107 Å². The Bertz CT molecular complexity index is 510. The van der Waals surface area contributed by atoms with E-state index < -0.39 is 23.7 Å². The Morgan fingerprint density at radius 3 is 2.84 bits per heavy atom. The van der Waals surface area contributed by atoms with Gasteiger partial charge in [0.05, 0.1) is 11.1 Å². The van der Waals surface area contributed by atoms with Crippen molar-refractivity contribution in [2.75, 3.05) is 5.75 Å². The summed E-state index contributed by atoms with van der Waals surface area (Å²) in [6.45, 7) is 0. The normalized spacial score (nSPS) is 30.7. The van der Waals surface area contributed by atoms with Crippen LogP contribution in [0.2, 0.25) is 5.02 Å². The lowest BCUT2D eigenvalue weighted by Gasteiger charge is -2.34. The minimum Gasteiger partial charge on any atom is -0.474 e. The van der Waals surface area contributed by atoms with Crippen LogP contribution in [0, 0.1) is 11.3 Å². The zero-order chi connectivity index (χ0) is 14.0. The molecule has 1 aliphatic heterocycles. The van der Waals surface area contributed by atoms with Crippen molar-refractivity contribution in [2.45, 2.75) is 23.7 Å². The van der Waals surface area contributed by atoms with Crippen LogP contribution in [0.5, 0.6) is 5.75 Å². The van der Waals surface area contributed by atoms with E-state index in [1.165, 1.54) is 12.3 Å². The number of nitrogens with zero attached hydrogens (tertiary/aromatic N) is 2. The molecule has 6 nitrogen and oxygen atoms in total. The van der Waals surface area contributed by atoms with Crippen molar-refractivity contribution in [3.05, 3.63) is 23.0 Å². The van der Waals surface area contributed by atoms with Crippen LogP contribution in [0.15, 0.2) is 12.3 Å². The quantitative estimate of drug-likeness (QED) is 0.713. The third-order valence-corrected chi connectivity index (χ3v) is 4.07. The number of hydrogen-bond donors (Lipinski definition) is 3. The molecule has 0 saturated carbocycles. The molecule has 1 fully saturated rings. The van der Waals surface area contributed by atoms with Crippen molar-refractivity contribution in [2.24, 2.45) is 0 Å². The van der Waals surface area contributed by atoms with E-state index in [1.807, 2.05) is 6.07 Å². The van der Waals surface area contributed by atoms with Gasteiger partial charge in [-0.3, -0.25) is 0 Å². The van der Waals surface area contributed by atoms with Crippen LogP contribution in [0.1, 0.15) is 5.69 Å². The summed E-state index contributed by atoms with van der Waals surface area (Å²) in [6, 6.07) is 3.26. The second-order valence-corrected chi connectivity index (χ2v) is 5.55. The standard InChI is InChI=1S/C11H11ClN2O4S/c12-5-1-8(6(2-13)14-3-5)18-11-10(17)9(16)7(15)4-19-11/h1,3,7,9-11,15-17H,4H2/t7-,9+,10-,11-/m1/s1. The second-order valence-electron chi connectivity index (χ2n) is 3.98. The summed E-state index contributed by atoms with van der Waals surface area (Å²) < 4.78 is 5.46. The lowest BCUT2D eigenvalue weighted by atomic mass is 10.1. The molecule has 0 bridgehead atoms. The average molecular weight is 303 g/mol. The molecule has 0 aliphatic carbocycles. The molecule has 4 atom stereocenters. The lowest BCUT2D eigenvalue weighted by molar-refractivity contribution is -0.0786. The molecule has 1 aromatic heterocycles. The maximum Gasteiger partial charge on any atom is 0.182 e. The van der Waals surface area contributed by atoms with Gasteiger partial charge in [0.25, 0.3) is 0 Å². The monoisotopic (exact) mass is 302 g/mol. The summed E-state index contributed by atoms with van der Waals surface area (Å²) in [5, 5.41) is 38.0. The Hall–Kier alpha value is -1.04. The number of thioether (sulfide) groups is 1. The maximum atomic E-state index is 9.81. The molecule has 2 heterocycles. The number of halogens is 1. The third kappa shape index (κ3) is 3.11. The average Bonchev–Trinajstić information content (AvgIpc) is 2.40. The van der Waals surface area contributed by atoms with Crippen molar-refractivity contribution in [3.8, 4) is 11.8 Å². The summed E-state index contributed by atoms with van der Waals surface area (Å²) >= 11 is 6.91. The molecule has 8 heteroatoms. The van der Waals surface area contributed by atoms with Crippen molar-refractivity contribution in [1.29, 1.82) is 5.26 Å². The van der Waals surface area contributed by atoms with E-state index in [-0.39, 0.29) is 17.2 Å². The van der Waals surface area contributed by atoms with Crippen molar-refractivity contribution >= 4 is 23.4 Å². The molecule has 3 N–H and O–H groups in total. The SMILES string of the molecule is N#Cc1ncc(Cl)cc1O[C@@H]1SC[C@@H](O)[C@H](O)[C@H]1O. The molecular formula is C11H11ClN2O4S. The third-order valence-electron chi connectivity index (χ3n) is 2.62. The van der Waals surface area contributed by atoms with Crippen LogP contribution in [-0.2, 0) is 0 Å². The van der Waals surface area contributed by atoms with Crippen molar-refractivity contribution < 1.29 is 20.1 Å². The molecule has 1 aromatic rings. The number of aliphatic hydroxyl groups is 3. The Morgan fingerprint density at radius 2 is 2.16 bits per heavy atom. The number of nitriles is 1. The molecule has 102 valence electrons. The van der Waals surface area contributed by atoms with Crippen LogP contribution in [-0.4, -0.2) is 49.8 Å². The number of aliphatic hydroxyl groups excluding tert-OH is 3. The fourth-order valence-corrected chi connectivity index (χ4v) is 2.86. The van der Waals surface area contributed by atoms with Gasteiger partial charge in [-0.05, 0) is 0 Å². The smallest absolute Gasteiger partial charge is 0.182 e. The van der Waals surface area contributed by atoms with E-state index in [0.717, 1.165) is 11.8 Å². The highest BCUT2D eigenvalue weighted by Gasteiger charge is 2.38. The van der Waals surface area contributed by atoms with Gasteiger partial charge in [0.2, 0.25) is 0 Å². The van der Waals surface area contributed by atoms with Crippen LogP contribution in [0.25, 0.3) is 0 Å². The molecule has 2 rings (SSSR count). The summed E-state index contributed by atoms with van der Waals surface area (Å²) in [4.78, 5) is 3.80. The van der Waals surface area contributed by atoms with Gasteiger partial charge in [-0.1, -0.05) is 11.6 Å². The fourth-order valence-electron chi connectivity index (χ4n) is 1.60. The van der Waals surface area contributed by atoms with Gasteiger partial charge in [0, 0.05) is 18.0 Å². The van der Waals surface area contributed by atoms with Crippen molar-refractivity contribution in [1.82, 2.24) is 4.98 Å². The molecule has 1 saturated heterocycles. The highest BCUT2D eigenvalue weighted by Crippen LogP contribution is 2.31. The van der Waals surface area contributed by atoms with Gasteiger partial charge in [0.1, 0.15) is 18.3 Å². The molecule has 0 spiro atoms. The molecule has 1 aliphatic rings.